The van der Waals surface area contributed by atoms with Crippen LogP contribution in [-0.4, -0.2) is 19.0 Å². The number of methoxy groups -OCH3 is 1. The highest BCUT2D eigenvalue weighted by atomic mass is 16.5. The number of fused-ring (bicyclic) bond motifs is 5. The summed E-state index contributed by atoms with van der Waals surface area (Å²) in [6, 6.07) is 5.99. The molecule has 0 saturated heterocycles. The van der Waals surface area contributed by atoms with Crippen molar-refractivity contribution in [1.29, 1.82) is 0 Å². The van der Waals surface area contributed by atoms with Crippen molar-refractivity contribution in [3.8, 4) is 0 Å². The Balaban J connectivity index is 0.00000109. The Morgan fingerprint density at radius 1 is 1.11 bits per heavy atom. The number of allylic oxidation sites excluding steroid dienone is 3. The third kappa shape index (κ3) is 3.30. The van der Waals surface area contributed by atoms with Crippen LogP contribution in [0.2, 0.25) is 0 Å². The molecule has 150 valence electrons. The molecule has 0 N–H and O–H groups in total. The fourth-order valence-corrected chi connectivity index (χ4v) is 5.11. The van der Waals surface area contributed by atoms with Gasteiger partial charge in [-0.05, 0) is 73.8 Å². The van der Waals surface area contributed by atoms with Crippen molar-refractivity contribution < 1.29 is 19.1 Å². The summed E-state index contributed by atoms with van der Waals surface area (Å²) >= 11 is 0. The Morgan fingerprint density at radius 3 is 2.54 bits per heavy atom. The average molecular weight is 383 g/mol. The maximum atomic E-state index is 11.8. The molecule has 4 heteroatoms. The zero-order valence-electron chi connectivity index (χ0n) is 17.5. The van der Waals surface area contributed by atoms with Gasteiger partial charge >= 0.3 is 11.9 Å². The number of rotatable bonds is 2. The SMILES string of the molecule is CC.COC(=O)c1ccc2c(c1)CCC1C3=CC=C(OC(C)=O)[C@@]3(C)CCC21. The van der Waals surface area contributed by atoms with Crippen LogP contribution in [0.4, 0.5) is 0 Å². The second-order valence-corrected chi connectivity index (χ2v) is 7.77. The van der Waals surface area contributed by atoms with Crippen LogP contribution in [-0.2, 0) is 20.7 Å². The molecule has 0 amide bonds. The van der Waals surface area contributed by atoms with E-state index in [1.54, 1.807) is 0 Å². The summed E-state index contributed by atoms with van der Waals surface area (Å²) in [5.74, 6) is 1.20. The summed E-state index contributed by atoms with van der Waals surface area (Å²) in [5.41, 5.74) is 4.50. The highest BCUT2D eigenvalue weighted by molar-refractivity contribution is 5.89. The predicted molar refractivity (Wildman–Crippen MR) is 109 cm³/mol. The van der Waals surface area contributed by atoms with Crippen LogP contribution in [0.15, 0.2) is 41.7 Å². The molecule has 0 heterocycles. The minimum absolute atomic E-state index is 0.156. The molecule has 3 aliphatic rings. The fourth-order valence-electron chi connectivity index (χ4n) is 5.11. The van der Waals surface area contributed by atoms with Gasteiger partial charge in [0.05, 0.1) is 12.7 Å². The van der Waals surface area contributed by atoms with Crippen molar-refractivity contribution >= 4 is 11.9 Å². The highest BCUT2D eigenvalue weighted by Crippen LogP contribution is 2.59. The van der Waals surface area contributed by atoms with Crippen molar-refractivity contribution in [2.24, 2.45) is 11.3 Å². The molecule has 0 bridgehead atoms. The lowest BCUT2D eigenvalue weighted by molar-refractivity contribution is -0.138. The first-order valence-corrected chi connectivity index (χ1v) is 10.3. The number of hydrogen-bond donors (Lipinski definition) is 0. The smallest absolute Gasteiger partial charge is 0.337 e. The number of carbonyl (C=O) groups is 2. The molecule has 1 fully saturated rings. The molecule has 0 radical (unpaired) electrons. The second-order valence-electron chi connectivity index (χ2n) is 7.77. The van der Waals surface area contributed by atoms with Crippen molar-refractivity contribution in [2.75, 3.05) is 7.11 Å². The van der Waals surface area contributed by atoms with Crippen molar-refractivity contribution in [2.45, 2.75) is 59.3 Å². The Hall–Kier alpha value is -2.36. The fraction of sp³-hybridized carbons (Fsp3) is 0.500. The van der Waals surface area contributed by atoms with E-state index in [0.717, 1.165) is 31.4 Å². The predicted octanol–water partition coefficient (Wildman–Crippen LogP) is 5.33. The first-order valence-electron chi connectivity index (χ1n) is 10.3. The maximum Gasteiger partial charge on any atom is 0.337 e. The molecule has 0 aromatic heterocycles. The van der Waals surface area contributed by atoms with Gasteiger partial charge in [-0.1, -0.05) is 31.6 Å². The Kier molecular flexibility index (Phi) is 5.78. The Labute approximate surface area is 167 Å². The number of esters is 2. The lowest BCUT2D eigenvalue weighted by atomic mass is 9.58. The second kappa shape index (κ2) is 7.94. The number of benzene rings is 1. The first-order chi connectivity index (χ1) is 13.4. The van der Waals surface area contributed by atoms with Crippen LogP contribution in [0.3, 0.4) is 0 Å². The zero-order valence-corrected chi connectivity index (χ0v) is 17.5. The van der Waals surface area contributed by atoms with E-state index in [2.05, 4.69) is 19.1 Å². The quantitative estimate of drug-likeness (QED) is 0.649. The van der Waals surface area contributed by atoms with Gasteiger partial charge in [0, 0.05) is 12.3 Å². The first kappa shape index (κ1) is 20.4. The summed E-state index contributed by atoms with van der Waals surface area (Å²) in [5, 5.41) is 0. The Bertz CT molecular complexity index is 848. The minimum atomic E-state index is -0.278. The zero-order chi connectivity index (χ0) is 20.5. The lowest BCUT2D eigenvalue weighted by Crippen LogP contribution is -2.36. The standard InChI is InChI=1S/C22H24O4.C2H6/c1-13(23)26-20-9-8-19-18-7-4-14-12-15(21(24)25-3)5-6-16(14)17(18)10-11-22(19,20)2;1-2/h5-6,8-9,12,17-18H,4,7,10-11H2,1-3H3;1-2H3/t17?,18?,22-;/m0./s1. The van der Waals surface area contributed by atoms with Gasteiger partial charge in [0.1, 0.15) is 5.76 Å². The molecule has 4 nitrogen and oxygen atoms in total. The monoisotopic (exact) mass is 382 g/mol. The van der Waals surface area contributed by atoms with Crippen LogP contribution < -0.4 is 0 Å². The van der Waals surface area contributed by atoms with Crippen LogP contribution in [0, 0.1) is 11.3 Å². The molecular formula is C24H30O4. The lowest BCUT2D eigenvalue weighted by Gasteiger charge is -2.46. The van der Waals surface area contributed by atoms with Gasteiger partial charge in [-0.25, -0.2) is 4.79 Å². The molecule has 1 aromatic carbocycles. The number of carbonyl (C=O) groups excluding carboxylic acids is 2. The van der Waals surface area contributed by atoms with Gasteiger partial charge in [0.2, 0.25) is 0 Å². The molecule has 0 spiro atoms. The van der Waals surface area contributed by atoms with E-state index >= 15 is 0 Å². The minimum Gasteiger partial charge on any atom is -0.465 e. The van der Waals surface area contributed by atoms with Gasteiger partial charge in [0.15, 0.2) is 0 Å². The van der Waals surface area contributed by atoms with E-state index in [1.807, 2.05) is 32.1 Å². The van der Waals surface area contributed by atoms with Gasteiger partial charge < -0.3 is 9.47 Å². The van der Waals surface area contributed by atoms with Gasteiger partial charge in [-0.2, -0.15) is 0 Å². The molecule has 28 heavy (non-hydrogen) atoms. The van der Waals surface area contributed by atoms with Crippen LogP contribution >= 0.6 is 0 Å². The number of aryl methyl sites for hydroxylation is 1. The van der Waals surface area contributed by atoms with Gasteiger partial charge in [-0.3, -0.25) is 4.79 Å². The molecule has 3 atom stereocenters. The molecule has 4 rings (SSSR count). The number of ether oxygens (including phenoxy) is 2. The summed E-state index contributed by atoms with van der Waals surface area (Å²) in [4.78, 5) is 23.3. The van der Waals surface area contributed by atoms with Crippen LogP contribution in [0.1, 0.15) is 74.4 Å². The summed E-state index contributed by atoms with van der Waals surface area (Å²) < 4.78 is 10.4. The van der Waals surface area contributed by atoms with E-state index in [4.69, 9.17) is 9.47 Å². The highest BCUT2D eigenvalue weighted by Gasteiger charge is 2.49. The topological polar surface area (TPSA) is 52.6 Å². The number of hydrogen-bond acceptors (Lipinski definition) is 4. The van der Waals surface area contributed by atoms with E-state index in [0.29, 0.717) is 17.4 Å². The normalized spacial score (nSPS) is 27.0. The maximum absolute atomic E-state index is 11.8. The summed E-state index contributed by atoms with van der Waals surface area (Å²) in [6.45, 7) is 7.66. The molecule has 1 aromatic rings. The Morgan fingerprint density at radius 2 is 1.86 bits per heavy atom. The van der Waals surface area contributed by atoms with Crippen molar-refractivity contribution in [3.63, 3.8) is 0 Å². The molecular weight excluding hydrogens is 352 g/mol. The van der Waals surface area contributed by atoms with Gasteiger partial charge in [0.25, 0.3) is 0 Å². The molecule has 2 unspecified atom stereocenters. The summed E-state index contributed by atoms with van der Waals surface area (Å²) in [6.07, 6.45) is 8.19. The third-order valence-electron chi connectivity index (χ3n) is 6.38. The molecule has 3 aliphatic carbocycles. The molecule has 1 saturated carbocycles. The van der Waals surface area contributed by atoms with Crippen molar-refractivity contribution in [1.82, 2.24) is 0 Å². The average Bonchev–Trinajstić information content (AvgIpc) is 3.04. The van der Waals surface area contributed by atoms with E-state index in [9.17, 15) is 9.59 Å². The van der Waals surface area contributed by atoms with E-state index in [-0.39, 0.29) is 17.4 Å². The van der Waals surface area contributed by atoms with Crippen LogP contribution in [0.25, 0.3) is 0 Å². The summed E-state index contributed by atoms with van der Waals surface area (Å²) in [7, 11) is 1.42. The largest absolute Gasteiger partial charge is 0.465 e. The van der Waals surface area contributed by atoms with E-state index in [1.165, 1.54) is 30.7 Å². The third-order valence-corrected chi connectivity index (χ3v) is 6.38. The van der Waals surface area contributed by atoms with E-state index < -0.39 is 0 Å². The molecule has 0 aliphatic heterocycles. The van der Waals surface area contributed by atoms with Crippen molar-refractivity contribution in [3.05, 3.63) is 58.4 Å². The van der Waals surface area contributed by atoms with Crippen LogP contribution in [0.5, 0.6) is 0 Å². The van der Waals surface area contributed by atoms with Gasteiger partial charge in [-0.15, -0.1) is 0 Å².